The number of hydrogen-bond donors (Lipinski definition) is 0. The van der Waals surface area contributed by atoms with E-state index in [1.165, 1.54) is 11.8 Å². The molecule has 2 heterocycles. The van der Waals surface area contributed by atoms with Crippen molar-refractivity contribution in [2.45, 2.75) is 24.5 Å². The molecule has 138 valence electrons. The summed E-state index contributed by atoms with van der Waals surface area (Å²) in [5.74, 6) is 1.69. The van der Waals surface area contributed by atoms with Gasteiger partial charge in [-0.25, -0.2) is 4.98 Å². The maximum absolute atomic E-state index is 12.2. The summed E-state index contributed by atoms with van der Waals surface area (Å²) in [6.45, 7) is 1.80. The van der Waals surface area contributed by atoms with Crippen molar-refractivity contribution in [3.05, 3.63) is 60.7 Å². The van der Waals surface area contributed by atoms with Crippen molar-refractivity contribution in [3.8, 4) is 22.6 Å². The molecule has 1 amide bonds. The topological polar surface area (TPSA) is 46.3 Å². The van der Waals surface area contributed by atoms with E-state index in [-0.39, 0.29) is 5.91 Å². The molecule has 1 fully saturated rings. The summed E-state index contributed by atoms with van der Waals surface area (Å²) >= 11 is 1.51. The van der Waals surface area contributed by atoms with Crippen molar-refractivity contribution in [3.63, 3.8) is 0 Å². The van der Waals surface area contributed by atoms with E-state index in [9.17, 15) is 4.79 Å². The van der Waals surface area contributed by atoms with Gasteiger partial charge >= 0.3 is 0 Å². The molecule has 1 aliphatic rings. The third-order valence-corrected chi connectivity index (χ3v) is 5.52. The Labute approximate surface area is 163 Å². The Kier molecular flexibility index (Phi) is 5.58. The number of benzene rings is 2. The second-order valence-electron chi connectivity index (χ2n) is 6.58. The number of nitrogens with zero attached hydrogens (tertiary/aromatic N) is 2. The van der Waals surface area contributed by atoms with Crippen LogP contribution in [0.25, 0.3) is 22.6 Å². The van der Waals surface area contributed by atoms with Crippen molar-refractivity contribution in [2.24, 2.45) is 0 Å². The van der Waals surface area contributed by atoms with Gasteiger partial charge in [-0.15, -0.1) is 0 Å². The normalized spacial score (nSPS) is 13.9. The summed E-state index contributed by atoms with van der Waals surface area (Å²) in [7, 11) is 0. The zero-order chi connectivity index (χ0) is 18.5. The number of hydrogen-bond acceptors (Lipinski definition) is 4. The summed E-state index contributed by atoms with van der Waals surface area (Å²) in [6, 6.07) is 20.1. The molecule has 0 atom stereocenters. The summed E-state index contributed by atoms with van der Waals surface area (Å²) < 4.78 is 6.09. The molecule has 0 aliphatic carbocycles. The van der Waals surface area contributed by atoms with E-state index in [0.29, 0.717) is 17.4 Å². The van der Waals surface area contributed by atoms with Crippen LogP contribution in [0.1, 0.15) is 19.3 Å². The van der Waals surface area contributed by atoms with E-state index in [0.717, 1.165) is 48.5 Å². The van der Waals surface area contributed by atoms with Crippen molar-refractivity contribution >= 4 is 17.7 Å². The quantitative estimate of drug-likeness (QED) is 0.559. The van der Waals surface area contributed by atoms with E-state index < -0.39 is 0 Å². The molecule has 0 saturated carbocycles. The molecule has 3 aromatic rings. The zero-order valence-corrected chi connectivity index (χ0v) is 16.0. The minimum absolute atomic E-state index is 0.234. The fourth-order valence-corrected chi connectivity index (χ4v) is 4.04. The average Bonchev–Trinajstić information content (AvgIpc) is 3.40. The molecule has 1 aromatic heterocycles. The third kappa shape index (κ3) is 4.25. The first-order valence-electron chi connectivity index (χ1n) is 9.33. The number of carbonyl (C=O) groups is 1. The monoisotopic (exact) mass is 378 g/mol. The predicted molar refractivity (Wildman–Crippen MR) is 109 cm³/mol. The van der Waals surface area contributed by atoms with Gasteiger partial charge in [-0.1, -0.05) is 72.4 Å². The van der Waals surface area contributed by atoms with Gasteiger partial charge < -0.3 is 9.32 Å². The van der Waals surface area contributed by atoms with Crippen LogP contribution in [-0.2, 0) is 4.79 Å². The lowest BCUT2D eigenvalue weighted by Gasteiger charge is -2.14. The average molecular weight is 378 g/mol. The van der Waals surface area contributed by atoms with E-state index >= 15 is 0 Å². The molecule has 1 saturated heterocycles. The maximum Gasteiger partial charge on any atom is 0.256 e. The smallest absolute Gasteiger partial charge is 0.256 e. The van der Waals surface area contributed by atoms with Crippen LogP contribution in [0.3, 0.4) is 0 Å². The van der Waals surface area contributed by atoms with Crippen LogP contribution in [0.4, 0.5) is 0 Å². The molecule has 27 heavy (non-hydrogen) atoms. The third-order valence-electron chi connectivity index (χ3n) is 4.69. The SMILES string of the molecule is O=C(CCSc1nc(-c2ccccc2)c(-c2ccccc2)o1)N1CCCC1. The highest BCUT2D eigenvalue weighted by Gasteiger charge is 2.19. The number of rotatable bonds is 6. The Morgan fingerprint density at radius 2 is 1.59 bits per heavy atom. The lowest BCUT2D eigenvalue weighted by Crippen LogP contribution is -2.27. The molecule has 1 aliphatic heterocycles. The number of aromatic nitrogens is 1. The number of thioether (sulfide) groups is 1. The van der Waals surface area contributed by atoms with Crippen LogP contribution in [0, 0.1) is 0 Å². The standard InChI is InChI=1S/C22H22N2O2S/c25-19(24-14-7-8-15-24)13-16-27-22-23-20(17-9-3-1-4-10-17)21(26-22)18-11-5-2-6-12-18/h1-6,9-12H,7-8,13-16H2. The minimum Gasteiger partial charge on any atom is -0.431 e. The van der Waals surface area contributed by atoms with Gasteiger partial charge in [0.15, 0.2) is 5.76 Å². The summed E-state index contributed by atoms with van der Waals surface area (Å²) in [6.07, 6.45) is 2.77. The molecular weight excluding hydrogens is 356 g/mol. The number of amides is 1. The van der Waals surface area contributed by atoms with E-state index in [1.807, 2.05) is 65.6 Å². The molecule has 0 unspecified atom stereocenters. The van der Waals surface area contributed by atoms with Gasteiger partial charge in [0.1, 0.15) is 5.69 Å². The molecule has 4 nitrogen and oxygen atoms in total. The molecule has 2 aromatic carbocycles. The van der Waals surface area contributed by atoms with Crippen LogP contribution >= 0.6 is 11.8 Å². The Morgan fingerprint density at radius 3 is 2.26 bits per heavy atom. The fourth-order valence-electron chi connectivity index (χ4n) is 3.29. The molecule has 4 rings (SSSR count). The summed E-state index contributed by atoms with van der Waals surface area (Å²) in [5.41, 5.74) is 2.87. The van der Waals surface area contributed by atoms with Crippen molar-refractivity contribution in [1.82, 2.24) is 9.88 Å². The van der Waals surface area contributed by atoms with Gasteiger partial charge in [-0.2, -0.15) is 0 Å². The highest BCUT2D eigenvalue weighted by molar-refractivity contribution is 7.99. The van der Waals surface area contributed by atoms with E-state index in [1.54, 1.807) is 0 Å². The Balaban J connectivity index is 1.51. The van der Waals surface area contributed by atoms with Crippen LogP contribution in [-0.4, -0.2) is 34.6 Å². The number of carbonyl (C=O) groups excluding carboxylic acids is 1. The molecule has 0 radical (unpaired) electrons. The molecule has 0 bridgehead atoms. The molecule has 0 N–H and O–H groups in total. The summed E-state index contributed by atoms with van der Waals surface area (Å²) in [5, 5.41) is 0.613. The Morgan fingerprint density at radius 1 is 0.963 bits per heavy atom. The predicted octanol–water partition coefficient (Wildman–Crippen LogP) is 5.11. The van der Waals surface area contributed by atoms with E-state index in [4.69, 9.17) is 9.40 Å². The highest BCUT2D eigenvalue weighted by atomic mass is 32.2. The fraction of sp³-hybridized carbons (Fsp3) is 0.273. The van der Waals surface area contributed by atoms with Gasteiger partial charge in [0.25, 0.3) is 5.22 Å². The van der Waals surface area contributed by atoms with Crippen LogP contribution in [0.2, 0.25) is 0 Å². The maximum atomic E-state index is 12.2. The van der Waals surface area contributed by atoms with Crippen LogP contribution < -0.4 is 0 Å². The highest BCUT2D eigenvalue weighted by Crippen LogP contribution is 2.35. The van der Waals surface area contributed by atoms with Crippen molar-refractivity contribution in [2.75, 3.05) is 18.8 Å². The number of likely N-dealkylation sites (tertiary alicyclic amines) is 1. The first kappa shape index (κ1) is 17.9. The second-order valence-corrected chi connectivity index (χ2v) is 7.62. The van der Waals surface area contributed by atoms with Gasteiger partial charge in [0.05, 0.1) is 0 Å². The van der Waals surface area contributed by atoms with Crippen molar-refractivity contribution < 1.29 is 9.21 Å². The molecular formula is C22H22N2O2S. The van der Waals surface area contributed by atoms with Gasteiger partial charge in [0.2, 0.25) is 5.91 Å². The first-order chi connectivity index (χ1) is 13.3. The lowest BCUT2D eigenvalue weighted by atomic mass is 10.1. The lowest BCUT2D eigenvalue weighted by molar-refractivity contribution is -0.129. The molecule has 5 heteroatoms. The second kappa shape index (κ2) is 8.44. The zero-order valence-electron chi connectivity index (χ0n) is 15.1. The van der Waals surface area contributed by atoms with Gasteiger partial charge in [-0.3, -0.25) is 4.79 Å². The first-order valence-corrected chi connectivity index (χ1v) is 10.3. The largest absolute Gasteiger partial charge is 0.431 e. The van der Waals surface area contributed by atoms with Crippen LogP contribution in [0.15, 0.2) is 70.3 Å². The summed E-state index contributed by atoms with van der Waals surface area (Å²) in [4.78, 5) is 18.9. The van der Waals surface area contributed by atoms with Crippen molar-refractivity contribution in [1.29, 1.82) is 0 Å². The van der Waals surface area contributed by atoms with Crippen LogP contribution in [0.5, 0.6) is 0 Å². The van der Waals surface area contributed by atoms with E-state index in [2.05, 4.69) is 0 Å². The van der Waals surface area contributed by atoms with Gasteiger partial charge in [-0.05, 0) is 12.8 Å². The Bertz CT molecular complexity index is 830. The minimum atomic E-state index is 0.234. The molecule has 0 spiro atoms. The van der Waals surface area contributed by atoms with Gasteiger partial charge in [0, 0.05) is 36.4 Å². The number of oxazole rings is 1. The Hall–Kier alpha value is -2.53.